The Morgan fingerprint density at radius 3 is 2.46 bits per heavy atom. The number of fused-ring (bicyclic) bond motifs is 1. The van der Waals surface area contributed by atoms with Gasteiger partial charge in [0.1, 0.15) is 11.8 Å². The lowest BCUT2D eigenvalue weighted by molar-refractivity contribution is -0.124. The molecule has 0 bridgehead atoms. The van der Waals surface area contributed by atoms with Crippen LogP contribution in [-0.2, 0) is 11.2 Å². The van der Waals surface area contributed by atoms with Gasteiger partial charge in [-0.1, -0.05) is 38.1 Å². The first kappa shape index (κ1) is 19.9. The Morgan fingerprint density at radius 1 is 1.07 bits per heavy atom. The second-order valence-electron chi connectivity index (χ2n) is 7.58. The number of amides is 2. The van der Waals surface area contributed by atoms with Gasteiger partial charge in [0.05, 0.1) is 13.2 Å². The monoisotopic (exact) mass is 380 g/mol. The Bertz CT molecular complexity index is 830. The van der Waals surface area contributed by atoms with Crippen LogP contribution in [0, 0.1) is 5.92 Å². The number of methoxy groups -OCH3 is 1. The number of hydrogen-bond acceptors (Lipinski definition) is 3. The van der Waals surface area contributed by atoms with Gasteiger partial charge in [-0.25, -0.2) is 0 Å². The third-order valence-electron chi connectivity index (χ3n) is 5.27. The van der Waals surface area contributed by atoms with Crippen molar-refractivity contribution in [3.63, 3.8) is 0 Å². The van der Waals surface area contributed by atoms with Crippen molar-refractivity contribution in [2.45, 2.75) is 45.2 Å². The highest BCUT2D eigenvalue weighted by atomic mass is 16.5. The van der Waals surface area contributed by atoms with Crippen molar-refractivity contribution in [3.05, 3.63) is 65.2 Å². The summed E-state index contributed by atoms with van der Waals surface area (Å²) in [6, 6.07) is 14.5. The minimum atomic E-state index is -0.594. The molecule has 2 N–H and O–H groups in total. The quantitative estimate of drug-likeness (QED) is 0.804. The highest BCUT2D eigenvalue weighted by Gasteiger charge is 2.28. The largest absolute Gasteiger partial charge is 0.497 e. The first-order valence-electron chi connectivity index (χ1n) is 9.82. The van der Waals surface area contributed by atoms with Crippen LogP contribution in [0.25, 0.3) is 0 Å². The summed E-state index contributed by atoms with van der Waals surface area (Å²) in [5.74, 6) is 0.255. The number of ether oxygens (including phenoxy) is 1. The van der Waals surface area contributed by atoms with Crippen molar-refractivity contribution < 1.29 is 14.3 Å². The molecule has 5 nitrogen and oxygen atoms in total. The molecule has 0 fully saturated rings. The van der Waals surface area contributed by atoms with Crippen LogP contribution in [0.1, 0.15) is 54.2 Å². The second-order valence-corrected chi connectivity index (χ2v) is 7.58. The minimum Gasteiger partial charge on any atom is -0.497 e. The average Bonchev–Trinajstić information content (AvgIpc) is 2.71. The first-order valence-corrected chi connectivity index (χ1v) is 9.82. The van der Waals surface area contributed by atoms with E-state index in [0.717, 1.165) is 19.3 Å². The molecule has 2 amide bonds. The van der Waals surface area contributed by atoms with Crippen LogP contribution in [0.5, 0.6) is 5.75 Å². The molecule has 2 aromatic rings. The summed E-state index contributed by atoms with van der Waals surface area (Å²) in [6.07, 6.45) is 3.01. The van der Waals surface area contributed by atoms with E-state index in [1.807, 2.05) is 26.0 Å². The lowest BCUT2D eigenvalue weighted by atomic mass is 9.87. The van der Waals surface area contributed by atoms with Crippen LogP contribution in [0.3, 0.4) is 0 Å². The minimum absolute atomic E-state index is 0.00316. The van der Waals surface area contributed by atoms with Crippen LogP contribution >= 0.6 is 0 Å². The molecule has 1 aliphatic rings. The Morgan fingerprint density at radius 2 is 1.79 bits per heavy atom. The van der Waals surface area contributed by atoms with E-state index in [2.05, 4.69) is 22.8 Å². The van der Waals surface area contributed by atoms with E-state index in [4.69, 9.17) is 4.74 Å². The van der Waals surface area contributed by atoms with Crippen molar-refractivity contribution in [3.8, 4) is 5.75 Å². The molecule has 1 unspecified atom stereocenters. The molecule has 28 heavy (non-hydrogen) atoms. The molecule has 0 saturated heterocycles. The molecule has 3 rings (SSSR count). The molecule has 5 heteroatoms. The Kier molecular flexibility index (Phi) is 6.34. The van der Waals surface area contributed by atoms with Crippen LogP contribution < -0.4 is 15.4 Å². The Labute approximate surface area is 166 Å². The van der Waals surface area contributed by atoms with Gasteiger partial charge in [-0.3, -0.25) is 9.59 Å². The van der Waals surface area contributed by atoms with Gasteiger partial charge in [0.15, 0.2) is 0 Å². The zero-order chi connectivity index (χ0) is 20.1. The zero-order valence-electron chi connectivity index (χ0n) is 16.7. The molecule has 0 spiro atoms. The van der Waals surface area contributed by atoms with Crippen molar-refractivity contribution in [1.82, 2.24) is 10.6 Å². The molecule has 0 saturated carbocycles. The molecular formula is C23H28N2O3. The van der Waals surface area contributed by atoms with E-state index in [-0.39, 0.29) is 23.8 Å². The molecule has 1 aliphatic carbocycles. The summed E-state index contributed by atoms with van der Waals surface area (Å²) in [5, 5.41) is 6.05. The number of carbonyl (C=O) groups excluding carboxylic acids is 2. The number of benzene rings is 2. The maximum absolute atomic E-state index is 13.0. The van der Waals surface area contributed by atoms with E-state index in [9.17, 15) is 9.59 Å². The molecular weight excluding hydrogens is 352 g/mol. The standard InChI is InChI=1S/C23H28N2O3/c1-15(2)21(25-22(26)17-11-13-18(28-3)14-12-17)23(27)24-20-10-6-8-16-7-4-5-9-19(16)20/h4-5,7,9,11-15,20-21H,6,8,10H2,1-3H3,(H,24,27)(H,25,26)/t20?,21-/m0/s1. The molecule has 148 valence electrons. The topological polar surface area (TPSA) is 67.4 Å². The molecule has 2 atom stereocenters. The molecule has 0 radical (unpaired) electrons. The van der Waals surface area contributed by atoms with E-state index >= 15 is 0 Å². The predicted molar refractivity (Wildman–Crippen MR) is 109 cm³/mol. The lowest BCUT2D eigenvalue weighted by Crippen LogP contribution is -2.50. The summed E-state index contributed by atoms with van der Waals surface area (Å²) in [7, 11) is 1.58. The Balaban J connectivity index is 1.70. The number of aryl methyl sites for hydroxylation is 1. The van der Waals surface area contributed by atoms with E-state index in [1.165, 1.54) is 11.1 Å². The summed E-state index contributed by atoms with van der Waals surface area (Å²) in [6.45, 7) is 3.88. The van der Waals surface area contributed by atoms with Crippen LogP contribution in [0.4, 0.5) is 0 Å². The van der Waals surface area contributed by atoms with Crippen LogP contribution in [-0.4, -0.2) is 25.0 Å². The number of nitrogens with one attached hydrogen (secondary N) is 2. The number of carbonyl (C=O) groups is 2. The van der Waals surface area contributed by atoms with Gasteiger partial charge >= 0.3 is 0 Å². The highest BCUT2D eigenvalue weighted by Crippen LogP contribution is 2.29. The smallest absolute Gasteiger partial charge is 0.251 e. The SMILES string of the molecule is COc1ccc(C(=O)N[C@H](C(=O)NC2CCCc3ccccc32)C(C)C)cc1. The lowest BCUT2D eigenvalue weighted by Gasteiger charge is -2.29. The van der Waals surface area contributed by atoms with Crippen molar-refractivity contribution in [1.29, 1.82) is 0 Å². The molecule has 0 aromatic heterocycles. The van der Waals surface area contributed by atoms with Crippen LogP contribution in [0.15, 0.2) is 48.5 Å². The van der Waals surface area contributed by atoms with Gasteiger partial charge in [-0.2, -0.15) is 0 Å². The maximum atomic E-state index is 13.0. The third kappa shape index (κ3) is 4.53. The van der Waals surface area contributed by atoms with E-state index in [1.54, 1.807) is 31.4 Å². The van der Waals surface area contributed by atoms with Crippen molar-refractivity contribution in [2.75, 3.05) is 7.11 Å². The average molecular weight is 380 g/mol. The molecule has 0 heterocycles. The van der Waals surface area contributed by atoms with Crippen molar-refractivity contribution in [2.24, 2.45) is 5.92 Å². The predicted octanol–water partition coefficient (Wildman–Crippen LogP) is 3.64. The van der Waals surface area contributed by atoms with Gasteiger partial charge in [-0.15, -0.1) is 0 Å². The van der Waals surface area contributed by atoms with Gasteiger partial charge in [0.2, 0.25) is 5.91 Å². The van der Waals surface area contributed by atoms with Gasteiger partial charge < -0.3 is 15.4 Å². The van der Waals surface area contributed by atoms with E-state index in [0.29, 0.717) is 11.3 Å². The summed E-state index contributed by atoms with van der Waals surface area (Å²) < 4.78 is 5.12. The summed E-state index contributed by atoms with van der Waals surface area (Å²) in [5.41, 5.74) is 2.98. The number of rotatable bonds is 6. The Hall–Kier alpha value is -2.82. The molecule has 2 aromatic carbocycles. The first-order chi connectivity index (χ1) is 13.5. The van der Waals surface area contributed by atoms with Crippen molar-refractivity contribution >= 4 is 11.8 Å². The fraction of sp³-hybridized carbons (Fsp3) is 0.391. The molecule has 0 aliphatic heterocycles. The summed E-state index contributed by atoms with van der Waals surface area (Å²) >= 11 is 0. The van der Waals surface area contributed by atoms with Crippen LogP contribution in [0.2, 0.25) is 0 Å². The number of hydrogen-bond donors (Lipinski definition) is 2. The second kappa shape index (κ2) is 8.91. The zero-order valence-corrected chi connectivity index (χ0v) is 16.7. The van der Waals surface area contributed by atoms with Gasteiger partial charge in [0, 0.05) is 5.56 Å². The fourth-order valence-corrected chi connectivity index (χ4v) is 3.67. The van der Waals surface area contributed by atoms with E-state index < -0.39 is 6.04 Å². The van der Waals surface area contributed by atoms with Gasteiger partial charge in [0.25, 0.3) is 5.91 Å². The normalized spacial score (nSPS) is 16.8. The highest BCUT2D eigenvalue weighted by molar-refractivity contribution is 5.97. The summed E-state index contributed by atoms with van der Waals surface area (Å²) in [4.78, 5) is 25.6. The maximum Gasteiger partial charge on any atom is 0.251 e. The van der Waals surface area contributed by atoms with Gasteiger partial charge in [-0.05, 0) is 60.6 Å². The third-order valence-corrected chi connectivity index (χ3v) is 5.27. The fourth-order valence-electron chi connectivity index (χ4n) is 3.67.